The van der Waals surface area contributed by atoms with Crippen LogP contribution in [0.15, 0.2) is 48.5 Å². The minimum Gasteiger partial charge on any atom is -0.374 e. The van der Waals surface area contributed by atoms with Crippen molar-refractivity contribution in [2.24, 2.45) is 0 Å². The molecule has 1 aliphatic rings. The van der Waals surface area contributed by atoms with Crippen LogP contribution in [0.5, 0.6) is 0 Å². The average molecular weight is 377 g/mol. The Hall–Kier alpha value is -3.04. The van der Waals surface area contributed by atoms with E-state index in [2.05, 4.69) is 45.6 Å². The maximum atomic E-state index is 12.4. The van der Waals surface area contributed by atoms with Gasteiger partial charge < -0.3 is 20.4 Å². The first-order valence-electron chi connectivity index (χ1n) is 9.74. The Bertz CT molecular complexity index is 835. The predicted octanol–water partition coefficient (Wildman–Crippen LogP) is 3.14. The van der Waals surface area contributed by atoms with Gasteiger partial charge in [-0.1, -0.05) is 13.0 Å². The molecule has 3 rings (SSSR count). The van der Waals surface area contributed by atoms with Crippen LogP contribution in [0, 0.1) is 11.3 Å². The van der Waals surface area contributed by atoms with Gasteiger partial charge in [0.05, 0.1) is 11.6 Å². The molecule has 0 aliphatic carbocycles. The van der Waals surface area contributed by atoms with Gasteiger partial charge in [-0.25, -0.2) is 0 Å². The lowest BCUT2D eigenvalue weighted by Gasteiger charge is -2.35. The van der Waals surface area contributed by atoms with Crippen molar-refractivity contribution in [2.45, 2.75) is 19.9 Å². The van der Waals surface area contributed by atoms with Gasteiger partial charge in [0.1, 0.15) is 6.04 Å². The highest BCUT2D eigenvalue weighted by molar-refractivity contribution is 5.96. The van der Waals surface area contributed by atoms with Crippen LogP contribution in [0.1, 0.15) is 19.4 Å². The third-order valence-corrected chi connectivity index (χ3v) is 5.09. The molecule has 28 heavy (non-hydrogen) atoms. The second-order valence-electron chi connectivity index (χ2n) is 7.02. The number of hydrogen-bond donors (Lipinski definition) is 2. The molecule has 1 amide bonds. The van der Waals surface area contributed by atoms with Crippen LogP contribution >= 0.6 is 0 Å². The zero-order chi connectivity index (χ0) is 19.9. The van der Waals surface area contributed by atoms with Crippen LogP contribution in [0.25, 0.3) is 0 Å². The van der Waals surface area contributed by atoms with Gasteiger partial charge in [-0.3, -0.25) is 4.79 Å². The summed E-state index contributed by atoms with van der Waals surface area (Å²) in [5.74, 6) is -0.144. The number of amides is 1. The Kier molecular flexibility index (Phi) is 6.51. The number of piperazine rings is 1. The lowest BCUT2D eigenvalue weighted by molar-refractivity contribution is -0.116. The summed E-state index contributed by atoms with van der Waals surface area (Å²) in [6, 6.07) is 16.8. The second kappa shape index (κ2) is 9.25. The topological polar surface area (TPSA) is 71.4 Å². The van der Waals surface area contributed by atoms with E-state index < -0.39 is 6.04 Å². The van der Waals surface area contributed by atoms with Gasteiger partial charge >= 0.3 is 0 Å². The summed E-state index contributed by atoms with van der Waals surface area (Å²) >= 11 is 0. The van der Waals surface area contributed by atoms with E-state index in [0.29, 0.717) is 11.3 Å². The summed E-state index contributed by atoms with van der Waals surface area (Å²) in [6.07, 6.45) is 0. The fraction of sp³-hybridized carbons (Fsp3) is 0.364. The van der Waals surface area contributed by atoms with Gasteiger partial charge in [0.25, 0.3) is 0 Å². The summed E-state index contributed by atoms with van der Waals surface area (Å²) in [5, 5.41) is 15.0. The first kappa shape index (κ1) is 19.7. The van der Waals surface area contributed by atoms with E-state index in [1.807, 2.05) is 19.1 Å². The summed E-state index contributed by atoms with van der Waals surface area (Å²) in [4.78, 5) is 17.3. The molecular formula is C22H27N5O. The molecule has 1 heterocycles. The first-order valence-corrected chi connectivity index (χ1v) is 9.74. The number of anilines is 3. The first-order chi connectivity index (χ1) is 13.6. The number of rotatable bonds is 6. The standard InChI is InChI=1S/C22H27N5O/c1-3-26-11-13-27(14-12-26)21-9-7-19(8-10-21)24-17(2)22(28)25-20-6-4-5-18(15-20)16-23/h4-10,15,17,24H,3,11-14H2,1-2H3,(H,25,28)/t17-/m1/s1. The molecule has 0 radical (unpaired) electrons. The Morgan fingerprint density at radius 1 is 1.11 bits per heavy atom. The number of benzene rings is 2. The minimum absolute atomic E-state index is 0.144. The summed E-state index contributed by atoms with van der Waals surface area (Å²) < 4.78 is 0. The van der Waals surface area contributed by atoms with Crippen LogP contribution in [-0.2, 0) is 4.79 Å². The third kappa shape index (κ3) is 5.02. The van der Waals surface area contributed by atoms with Crippen molar-refractivity contribution in [3.63, 3.8) is 0 Å². The molecule has 1 aliphatic heterocycles. The van der Waals surface area contributed by atoms with Gasteiger partial charge in [0.2, 0.25) is 5.91 Å². The molecule has 6 heteroatoms. The quantitative estimate of drug-likeness (QED) is 0.809. The van der Waals surface area contributed by atoms with Crippen molar-refractivity contribution >= 4 is 23.0 Å². The molecule has 6 nitrogen and oxygen atoms in total. The Morgan fingerprint density at radius 3 is 2.46 bits per heavy atom. The Labute approximate surface area is 166 Å². The van der Waals surface area contributed by atoms with E-state index in [0.717, 1.165) is 38.4 Å². The van der Waals surface area contributed by atoms with Crippen molar-refractivity contribution in [1.82, 2.24) is 4.90 Å². The number of nitrogens with one attached hydrogen (secondary N) is 2. The van der Waals surface area contributed by atoms with Gasteiger partial charge in [-0.2, -0.15) is 5.26 Å². The van der Waals surface area contributed by atoms with Crippen LogP contribution in [-0.4, -0.2) is 49.6 Å². The van der Waals surface area contributed by atoms with E-state index in [9.17, 15) is 4.79 Å². The molecule has 146 valence electrons. The normalized spacial score (nSPS) is 15.5. The zero-order valence-corrected chi connectivity index (χ0v) is 16.5. The Morgan fingerprint density at radius 2 is 1.82 bits per heavy atom. The summed E-state index contributed by atoms with van der Waals surface area (Å²) in [6.45, 7) is 9.41. The molecule has 0 aromatic heterocycles. The molecule has 0 unspecified atom stereocenters. The third-order valence-electron chi connectivity index (χ3n) is 5.09. The van der Waals surface area contributed by atoms with Gasteiger partial charge in [-0.05, 0) is 55.9 Å². The van der Waals surface area contributed by atoms with E-state index in [-0.39, 0.29) is 5.91 Å². The molecule has 0 bridgehead atoms. The van der Waals surface area contributed by atoms with Gasteiger partial charge in [0.15, 0.2) is 0 Å². The number of nitrogens with zero attached hydrogens (tertiary/aromatic N) is 3. The zero-order valence-electron chi connectivity index (χ0n) is 16.5. The fourth-order valence-corrected chi connectivity index (χ4v) is 3.32. The van der Waals surface area contributed by atoms with E-state index >= 15 is 0 Å². The van der Waals surface area contributed by atoms with Crippen LogP contribution in [0.4, 0.5) is 17.1 Å². The summed E-state index contributed by atoms with van der Waals surface area (Å²) in [7, 11) is 0. The molecule has 1 saturated heterocycles. The summed E-state index contributed by atoms with van der Waals surface area (Å²) in [5.41, 5.74) is 3.27. The lowest BCUT2D eigenvalue weighted by Crippen LogP contribution is -2.46. The number of carbonyl (C=O) groups is 1. The minimum atomic E-state index is -0.398. The predicted molar refractivity (Wildman–Crippen MR) is 114 cm³/mol. The van der Waals surface area contributed by atoms with Crippen LogP contribution in [0.2, 0.25) is 0 Å². The van der Waals surface area contributed by atoms with Crippen molar-refractivity contribution < 1.29 is 4.79 Å². The largest absolute Gasteiger partial charge is 0.374 e. The van der Waals surface area contributed by atoms with Crippen molar-refractivity contribution in [3.05, 3.63) is 54.1 Å². The van der Waals surface area contributed by atoms with Crippen molar-refractivity contribution in [2.75, 3.05) is 48.3 Å². The maximum Gasteiger partial charge on any atom is 0.246 e. The van der Waals surface area contributed by atoms with E-state index in [1.165, 1.54) is 5.69 Å². The van der Waals surface area contributed by atoms with Crippen LogP contribution in [0.3, 0.4) is 0 Å². The highest BCUT2D eigenvalue weighted by atomic mass is 16.2. The monoisotopic (exact) mass is 377 g/mol. The number of likely N-dealkylation sites (N-methyl/N-ethyl adjacent to an activating group) is 1. The molecule has 0 spiro atoms. The molecular weight excluding hydrogens is 350 g/mol. The van der Waals surface area contributed by atoms with Crippen molar-refractivity contribution in [3.8, 4) is 6.07 Å². The maximum absolute atomic E-state index is 12.4. The van der Waals surface area contributed by atoms with Gasteiger partial charge in [-0.15, -0.1) is 0 Å². The molecule has 0 saturated carbocycles. The smallest absolute Gasteiger partial charge is 0.246 e. The molecule has 2 aromatic carbocycles. The van der Waals surface area contributed by atoms with E-state index in [1.54, 1.807) is 24.3 Å². The Balaban J connectivity index is 1.54. The SMILES string of the molecule is CCN1CCN(c2ccc(N[C@H](C)C(=O)Nc3cccc(C#N)c3)cc2)CC1. The lowest BCUT2D eigenvalue weighted by atomic mass is 10.2. The fourth-order valence-electron chi connectivity index (χ4n) is 3.32. The number of nitriles is 1. The molecule has 1 atom stereocenters. The molecule has 2 N–H and O–H groups in total. The van der Waals surface area contributed by atoms with Gasteiger partial charge in [0, 0.05) is 43.2 Å². The number of carbonyl (C=O) groups excluding carboxylic acids is 1. The van der Waals surface area contributed by atoms with E-state index in [4.69, 9.17) is 5.26 Å². The number of hydrogen-bond acceptors (Lipinski definition) is 5. The van der Waals surface area contributed by atoms with Crippen LogP contribution < -0.4 is 15.5 Å². The highest BCUT2D eigenvalue weighted by Gasteiger charge is 2.16. The highest BCUT2D eigenvalue weighted by Crippen LogP contribution is 2.20. The average Bonchev–Trinajstić information content (AvgIpc) is 2.74. The second-order valence-corrected chi connectivity index (χ2v) is 7.02. The molecule has 1 fully saturated rings. The molecule has 2 aromatic rings. The van der Waals surface area contributed by atoms with Crippen molar-refractivity contribution in [1.29, 1.82) is 5.26 Å².